The number of ketones is 2. The molecule has 0 saturated carbocycles. The lowest BCUT2D eigenvalue weighted by Crippen LogP contribution is -2.37. The number of anilines is 1. The Morgan fingerprint density at radius 1 is 0.826 bits per heavy atom. The summed E-state index contributed by atoms with van der Waals surface area (Å²) in [6.07, 6.45) is 1.09. The fourth-order valence-corrected chi connectivity index (χ4v) is 3.50. The number of fused-ring (bicyclic) bond motifs is 2. The monoisotopic (exact) mass is 307 g/mol. The minimum Gasteiger partial charge on any atom is -0.393 e. The first-order valence-corrected chi connectivity index (χ1v) is 7.91. The molecular weight excluding hydrogens is 290 g/mol. The highest BCUT2D eigenvalue weighted by Gasteiger charge is 2.33. The summed E-state index contributed by atoms with van der Waals surface area (Å²) in [7, 11) is 0. The van der Waals surface area contributed by atoms with Gasteiger partial charge < -0.3 is 10.0 Å². The van der Waals surface area contributed by atoms with E-state index < -0.39 is 0 Å². The van der Waals surface area contributed by atoms with Gasteiger partial charge in [-0.25, -0.2) is 0 Å². The van der Waals surface area contributed by atoms with Crippen molar-refractivity contribution in [3.05, 3.63) is 64.7 Å². The molecule has 2 aromatic carbocycles. The van der Waals surface area contributed by atoms with Crippen molar-refractivity contribution < 1.29 is 14.7 Å². The number of aliphatic hydroxyl groups excluding tert-OH is 1. The first-order chi connectivity index (χ1) is 11.2. The van der Waals surface area contributed by atoms with Gasteiger partial charge in [0.05, 0.1) is 11.7 Å². The van der Waals surface area contributed by atoms with Crippen LogP contribution < -0.4 is 4.90 Å². The second-order valence-electron chi connectivity index (χ2n) is 6.12. The van der Waals surface area contributed by atoms with Gasteiger partial charge in [0, 0.05) is 35.5 Å². The molecule has 1 saturated heterocycles. The van der Waals surface area contributed by atoms with Crippen molar-refractivity contribution in [2.45, 2.75) is 18.9 Å². The zero-order valence-corrected chi connectivity index (χ0v) is 12.7. The maximum Gasteiger partial charge on any atom is 0.196 e. The van der Waals surface area contributed by atoms with Crippen LogP contribution in [0.25, 0.3) is 0 Å². The predicted molar refractivity (Wildman–Crippen MR) is 87.2 cm³/mol. The van der Waals surface area contributed by atoms with Crippen molar-refractivity contribution >= 4 is 17.3 Å². The van der Waals surface area contributed by atoms with Crippen LogP contribution in [-0.2, 0) is 0 Å². The van der Waals surface area contributed by atoms with Gasteiger partial charge in [0.1, 0.15) is 0 Å². The van der Waals surface area contributed by atoms with E-state index in [0.29, 0.717) is 48.2 Å². The summed E-state index contributed by atoms with van der Waals surface area (Å²) in [5.74, 6) is -0.175. The molecule has 23 heavy (non-hydrogen) atoms. The maximum atomic E-state index is 13.0. The standard InChI is InChI=1S/C19H17NO3/c21-12-8-10-20(11-9-12)16-7-3-6-15-17(16)19(23)14-5-2-1-4-13(14)18(15)22/h1-7,12,21H,8-11H2. The molecular formula is C19H17NO3. The van der Waals surface area contributed by atoms with E-state index in [1.807, 2.05) is 12.1 Å². The van der Waals surface area contributed by atoms with Gasteiger partial charge in [0.15, 0.2) is 11.6 Å². The van der Waals surface area contributed by atoms with E-state index in [-0.39, 0.29) is 17.7 Å². The molecule has 0 spiro atoms. The second kappa shape index (κ2) is 5.32. The Morgan fingerprint density at radius 3 is 2.13 bits per heavy atom. The van der Waals surface area contributed by atoms with Crippen LogP contribution in [0.3, 0.4) is 0 Å². The summed E-state index contributed by atoms with van der Waals surface area (Å²) < 4.78 is 0. The van der Waals surface area contributed by atoms with Gasteiger partial charge in [-0.1, -0.05) is 36.4 Å². The fraction of sp³-hybridized carbons (Fsp3) is 0.263. The van der Waals surface area contributed by atoms with Gasteiger partial charge >= 0.3 is 0 Å². The molecule has 0 aromatic heterocycles. The number of hydrogen-bond donors (Lipinski definition) is 1. The van der Waals surface area contributed by atoms with Gasteiger partial charge in [-0.3, -0.25) is 9.59 Å². The van der Waals surface area contributed by atoms with E-state index in [1.54, 1.807) is 30.3 Å². The van der Waals surface area contributed by atoms with Gasteiger partial charge in [-0.05, 0) is 18.9 Å². The van der Waals surface area contributed by atoms with Gasteiger partial charge in [-0.15, -0.1) is 0 Å². The number of benzene rings is 2. The molecule has 1 N–H and O–H groups in total. The summed E-state index contributed by atoms with van der Waals surface area (Å²) >= 11 is 0. The summed E-state index contributed by atoms with van der Waals surface area (Å²) in [4.78, 5) is 27.8. The lowest BCUT2D eigenvalue weighted by molar-refractivity contribution is 0.0979. The molecule has 0 amide bonds. The zero-order chi connectivity index (χ0) is 16.0. The molecule has 116 valence electrons. The number of piperidine rings is 1. The van der Waals surface area contributed by atoms with E-state index in [0.717, 1.165) is 5.69 Å². The average Bonchev–Trinajstić information content (AvgIpc) is 2.60. The van der Waals surface area contributed by atoms with E-state index in [9.17, 15) is 14.7 Å². The lowest BCUT2D eigenvalue weighted by Gasteiger charge is -2.34. The average molecular weight is 307 g/mol. The topological polar surface area (TPSA) is 57.6 Å². The van der Waals surface area contributed by atoms with E-state index in [1.165, 1.54) is 0 Å². The Kier molecular flexibility index (Phi) is 3.27. The highest BCUT2D eigenvalue weighted by atomic mass is 16.3. The molecule has 1 aliphatic heterocycles. The SMILES string of the molecule is O=C1c2ccccc2C(=O)c2c1cccc2N1CCC(O)CC1. The van der Waals surface area contributed by atoms with Crippen molar-refractivity contribution in [1.29, 1.82) is 0 Å². The summed E-state index contributed by atoms with van der Waals surface area (Å²) in [5, 5.41) is 9.69. The lowest BCUT2D eigenvalue weighted by atomic mass is 9.83. The Morgan fingerprint density at radius 2 is 1.43 bits per heavy atom. The molecule has 4 heteroatoms. The third kappa shape index (κ3) is 2.18. The first-order valence-electron chi connectivity index (χ1n) is 7.91. The Bertz CT molecular complexity index is 804. The molecule has 0 radical (unpaired) electrons. The normalized spacial score (nSPS) is 17.9. The van der Waals surface area contributed by atoms with Crippen molar-refractivity contribution in [2.75, 3.05) is 18.0 Å². The number of hydrogen-bond acceptors (Lipinski definition) is 4. The molecule has 0 atom stereocenters. The molecule has 1 aliphatic carbocycles. The molecule has 0 unspecified atom stereocenters. The molecule has 4 nitrogen and oxygen atoms in total. The largest absolute Gasteiger partial charge is 0.393 e. The summed E-state index contributed by atoms with van der Waals surface area (Å²) in [6.45, 7) is 1.39. The number of nitrogens with zero attached hydrogens (tertiary/aromatic N) is 1. The summed E-state index contributed by atoms with van der Waals surface area (Å²) in [5.41, 5.74) is 2.76. The van der Waals surface area contributed by atoms with Crippen LogP contribution in [0.4, 0.5) is 5.69 Å². The first kappa shape index (κ1) is 14.2. The Labute approximate surface area is 134 Å². The van der Waals surface area contributed by atoms with Crippen molar-refractivity contribution in [3.63, 3.8) is 0 Å². The molecule has 2 aromatic rings. The Balaban J connectivity index is 1.84. The molecule has 1 heterocycles. The van der Waals surface area contributed by atoms with Crippen molar-refractivity contribution in [3.8, 4) is 0 Å². The zero-order valence-electron chi connectivity index (χ0n) is 12.7. The van der Waals surface area contributed by atoms with Crippen LogP contribution in [0.15, 0.2) is 42.5 Å². The van der Waals surface area contributed by atoms with Crippen LogP contribution in [0, 0.1) is 0 Å². The quantitative estimate of drug-likeness (QED) is 0.750. The van der Waals surface area contributed by atoms with Crippen molar-refractivity contribution in [1.82, 2.24) is 0 Å². The number of carbonyl (C=O) groups excluding carboxylic acids is 2. The third-order valence-electron chi connectivity index (χ3n) is 4.74. The fourth-order valence-electron chi connectivity index (χ4n) is 3.50. The predicted octanol–water partition coefficient (Wildman–Crippen LogP) is 2.42. The Hall–Kier alpha value is -2.46. The maximum absolute atomic E-state index is 13.0. The van der Waals surface area contributed by atoms with Gasteiger partial charge in [0.2, 0.25) is 0 Å². The molecule has 0 bridgehead atoms. The van der Waals surface area contributed by atoms with Crippen LogP contribution in [0.2, 0.25) is 0 Å². The highest BCUT2D eigenvalue weighted by molar-refractivity contribution is 6.30. The van der Waals surface area contributed by atoms with Gasteiger partial charge in [0.25, 0.3) is 0 Å². The molecule has 1 fully saturated rings. The number of carbonyl (C=O) groups is 2. The number of rotatable bonds is 1. The van der Waals surface area contributed by atoms with Crippen LogP contribution in [0.1, 0.15) is 44.7 Å². The minimum atomic E-state index is -0.274. The van der Waals surface area contributed by atoms with Crippen LogP contribution in [0.5, 0.6) is 0 Å². The summed E-state index contributed by atoms with van der Waals surface area (Å²) in [6, 6.07) is 12.5. The van der Waals surface area contributed by atoms with E-state index in [4.69, 9.17) is 0 Å². The second-order valence-corrected chi connectivity index (χ2v) is 6.12. The van der Waals surface area contributed by atoms with E-state index >= 15 is 0 Å². The molecule has 2 aliphatic rings. The third-order valence-corrected chi connectivity index (χ3v) is 4.74. The highest BCUT2D eigenvalue weighted by Crippen LogP contribution is 2.34. The van der Waals surface area contributed by atoms with Crippen LogP contribution in [-0.4, -0.2) is 35.9 Å². The van der Waals surface area contributed by atoms with Crippen LogP contribution >= 0.6 is 0 Å². The smallest absolute Gasteiger partial charge is 0.196 e. The minimum absolute atomic E-state index is 0.0862. The number of aliphatic hydroxyl groups is 1. The van der Waals surface area contributed by atoms with Crippen molar-refractivity contribution in [2.24, 2.45) is 0 Å². The van der Waals surface area contributed by atoms with E-state index in [2.05, 4.69) is 4.90 Å². The van der Waals surface area contributed by atoms with Gasteiger partial charge in [-0.2, -0.15) is 0 Å². The molecule has 4 rings (SSSR count).